The first-order valence-electron chi connectivity index (χ1n) is 6.55. The summed E-state index contributed by atoms with van der Waals surface area (Å²) in [7, 11) is 0. The van der Waals surface area contributed by atoms with Gasteiger partial charge in [0.15, 0.2) is 0 Å². The summed E-state index contributed by atoms with van der Waals surface area (Å²) in [6.45, 7) is 4.20. The Bertz CT molecular complexity index is 610. The fraction of sp³-hybridized carbons (Fsp3) is 0.188. The lowest BCUT2D eigenvalue weighted by Crippen LogP contribution is -2.19. The van der Waals surface area contributed by atoms with Crippen LogP contribution >= 0.6 is 0 Å². The first kappa shape index (κ1) is 13.9. The highest BCUT2D eigenvalue weighted by molar-refractivity contribution is 5.88. The Morgan fingerprint density at radius 2 is 1.80 bits per heavy atom. The summed E-state index contributed by atoms with van der Waals surface area (Å²) in [4.78, 5) is 10.9. The van der Waals surface area contributed by atoms with Crippen LogP contribution < -0.4 is 16.4 Å². The van der Waals surface area contributed by atoms with E-state index in [2.05, 4.69) is 36.6 Å². The number of carbonyl (C=O) groups is 1. The molecular formula is C16H19N3O. The maximum Gasteiger partial charge on any atom is 0.316 e. The Hall–Kier alpha value is -2.49. The van der Waals surface area contributed by atoms with Crippen molar-refractivity contribution >= 4 is 17.4 Å². The van der Waals surface area contributed by atoms with Crippen molar-refractivity contribution in [2.24, 2.45) is 5.73 Å². The third kappa shape index (κ3) is 3.51. The van der Waals surface area contributed by atoms with Crippen LogP contribution in [0.2, 0.25) is 0 Å². The molecule has 0 spiro atoms. The van der Waals surface area contributed by atoms with Crippen molar-refractivity contribution in [2.75, 3.05) is 10.6 Å². The van der Waals surface area contributed by atoms with E-state index in [-0.39, 0.29) is 6.04 Å². The molecule has 2 amide bonds. The van der Waals surface area contributed by atoms with E-state index in [0.29, 0.717) is 5.69 Å². The summed E-state index contributed by atoms with van der Waals surface area (Å²) >= 11 is 0. The van der Waals surface area contributed by atoms with Gasteiger partial charge < -0.3 is 16.4 Å². The van der Waals surface area contributed by atoms with Gasteiger partial charge in [-0.05, 0) is 43.2 Å². The fourth-order valence-electron chi connectivity index (χ4n) is 2.23. The molecule has 0 aliphatic rings. The topological polar surface area (TPSA) is 67.2 Å². The van der Waals surface area contributed by atoms with E-state index in [0.717, 1.165) is 5.69 Å². The zero-order valence-corrected chi connectivity index (χ0v) is 11.7. The number of amides is 2. The molecule has 2 aromatic rings. The summed E-state index contributed by atoms with van der Waals surface area (Å²) < 4.78 is 0. The highest BCUT2D eigenvalue weighted by Gasteiger charge is 2.08. The lowest BCUT2D eigenvalue weighted by Gasteiger charge is -2.18. The van der Waals surface area contributed by atoms with Gasteiger partial charge in [-0.25, -0.2) is 4.79 Å². The van der Waals surface area contributed by atoms with E-state index in [1.54, 1.807) is 6.07 Å². The third-order valence-electron chi connectivity index (χ3n) is 3.17. The van der Waals surface area contributed by atoms with E-state index in [9.17, 15) is 4.79 Å². The molecule has 0 aliphatic carbocycles. The maximum absolute atomic E-state index is 10.9. The quantitative estimate of drug-likeness (QED) is 0.793. The number of urea groups is 1. The molecule has 0 radical (unpaired) electrons. The fourth-order valence-corrected chi connectivity index (χ4v) is 2.23. The molecule has 2 aromatic carbocycles. The number of benzene rings is 2. The summed E-state index contributed by atoms with van der Waals surface area (Å²) in [6.07, 6.45) is 0. The van der Waals surface area contributed by atoms with Crippen LogP contribution in [0.1, 0.15) is 24.1 Å². The first-order valence-corrected chi connectivity index (χ1v) is 6.55. The number of aryl methyl sites for hydroxylation is 1. The van der Waals surface area contributed by atoms with Gasteiger partial charge in [-0.1, -0.05) is 30.3 Å². The molecule has 0 bridgehead atoms. The van der Waals surface area contributed by atoms with Crippen LogP contribution in [-0.2, 0) is 0 Å². The molecule has 0 saturated carbocycles. The molecule has 4 N–H and O–H groups in total. The van der Waals surface area contributed by atoms with Gasteiger partial charge in [0.05, 0.1) is 0 Å². The summed E-state index contributed by atoms with van der Waals surface area (Å²) in [5, 5.41) is 5.99. The Labute approximate surface area is 119 Å². The van der Waals surface area contributed by atoms with E-state index in [4.69, 9.17) is 5.73 Å². The molecule has 20 heavy (non-hydrogen) atoms. The van der Waals surface area contributed by atoms with Crippen molar-refractivity contribution < 1.29 is 4.79 Å². The highest BCUT2D eigenvalue weighted by atomic mass is 16.2. The molecule has 1 atom stereocenters. The SMILES string of the molecule is Cc1ccccc1C(C)Nc1cccc(NC(N)=O)c1. The number of rotatable bonds is 4. The van der Waals surface area contributed by atoms with Crippen molar-refractivity contribution in [3.8, 4) is 0 Å². The van der Waals surface area contributed by atoms with Gasteiger partial charge in [0, 0.05) is 17.4 Å². The van der Waals surface area contributed by atoms with E-state index in [1.807, 2.05) is 30.3 Å². The lowest BCUT2D eigenvalue weighted by molar-refractivity contribution is 0.259. The average molecular weight is 269 g/mol. The smallest absolute Gasteiger partial charge is 0.316 e. The predicted molar refractivity (Wildman–Crippen MR) is 82.9 cm³/mol. The molecule has 104 valence electrons. The van der Waals surface area contributed by atoms with Crippen LogP contribution in [0, 0.1) is 6.92 Å². The van der Waals surface area contributed by atoms with Crippen molar-refractivity contribution in [2.45, 2.75) is 19.9 Å². The molecule has 0 aliphatic heterocycles. The minimum absolute atomic E-state index is 0.181. The van der Waals surface area contributed by atoms with Gasteiger partial charge in [0.1, 0.15) is 0 Å². The van der Waals surface area contributed by atoms with Gasteiger partial charge >= 0.3 is 6.03 Å². The Balaban J connectivity index is 2.13. The molecule has 2 rings (SSSR count). The zero-order valence-electron chi connectivity index (χ0n) is 11.7. The second kappa shape index (κ2) is 6.10. The zero-order chi connectivity index (χ0) is 14.5. The van der Waals surface area contributed by atoms with Crippen molar-refractivity contribution in [1.29, 1.82) is 0 Å². The van der Waals surface area contributed by atoms with Crippen LogP contribution in [0.3, 0.4) is 0 Å². The standard InChI is InChI=1S/C16H19N3O/c1-11-6-3-4-9-15(11)12(2)18-13-7-5-8-14(10-13)19-16(17)20/h3-10,12,18H,1-2H3,(H3,17,19,20). The van der Waals surface area contributed by atoms with Crippen LogP contribution in [0.25, 0.3) is 0 Å². The summed E-state index contributed by atoms with van der Waals surface area (Å²) in [5.41, 5.74) is 9.23. The van der Waals surface area contributed by atoms with Crippen molar-refractivity contribution in [3.63, 3.8) is 0 Å². The average Bonchev–Trinajstić information content (AvgIpc) is 2.38. The molecule has 1 unspecified atom stereocenters. The minimum atomic E-state index is -0.561. The number of nitrogens with one attached hydrogen (secondary N) is 2. The van der Waals surface area contributed by atoms with Gasteiger partial charge in [0.2, 0.25) is 0 Å². The van der Waals surface area contributed by atoms with E-state index >= 15 is 0 Å². The van der Waals surface area contributed by atoms with E-state index in [1.165, 1.54) is 11.1 Å². The van der Waals surface area contributed by atoms with Crippen molar-refractivity contribution in [1.82, 2.24) is 0 Å². The normalized spacial score (nSPS) is 11.7. The summed E-state index contributed by atoms with van der Waals surface area (Å²) in [6, 6.07) is 15.4. The number of nitrogens with two attached hydrogens (primary N) is 1. The Morgan fingerprint density at radius 3 is 2.50 bits per heavy atom. The van der Waals surface area contributed by atoms with Gasteiger partial charge in [-0.15, -0.1) is 0 Å². The molecular weight excluding hydrogens is 250 g/mol. The van der Waals surface area contributed by atoms with Crippen LogP contribution in [0.5, 0.6) is 0 Å². The molecule has 0 aromatic heterocycles. The second-order valence-corrected chi connectivity index (χ2v) is 4.79. The third-order valence-corrected chi connectivity index (χ3v) is 3.17. The Kier molecular flexibility index (Phi) is 4.25. The highest BCUT2D eigenvalue weighted by Crippen LogP contribution is 2.23. The number of hydrogen-bond acceptors (Lipinski definition) is 2. The van der Waals surface area contributed by atoms with Crippen molar-refractivity contribution in [3.05, 3.63) is 59.7 Å². The van der Waals surface area contributed by atoms with Crippen LogP contribution in [0.4, 0.5) is 16.2 Å². The largest absolute Gasteiger partial charge is 0.378 e. The molecule has 0 heterocycles. The molecule has 4 heteroatoms. The number of hydrogen-bond donors (Lipinski definition) is 3. The lowest BCUT2D eigenvalue weighted by atomic mass is 10.0. The van der Waals surface area contributed by atoms with Crippen LogP contribution in [0.15, 0.2) is 48.5 Å². The minimum Gasteiger partial charge on any atom is -0.378 e. The molecule has 4 nitrogen and oxygen atoms in total. The predicted octanol–water partition coefficient (Wildman–Crippen LogP) is 3.66. The Morgan fingerprint density at radius 1 is 1.10 bits per heavy atom. The maximum atomic E-state index is 10.9. The van der Waals surface area contributed by atoms with Gasteiger partial charge in [-0.2, -0.15) is 0 Å². The van der Waals surface area contributed by atoms with Gasteiger partial charge in [0.25, 0.3) is 0 Å². The number of primary amides is 1. The second-order valence-electron chi connectivity index (χ2n) is 4.79. The molecule has 0 fully saturated rings. The first-order chi connectivity index (χ1) is 9.56. The number of carbonyl (C=O) groups excluding carboxylic acids is 1. The molecule has 0 saturated heterocycles. The van der Waals surface area contributed by atoms with E-state index < -0.39 is 6.03 Å². The van der Waals surface area contributed by atoms with Gasteiger partial charge in [-0.3, -0.25) is 0 Å². The van der Waals surface area contributed by atoms with Crippen LogP contribution in [-0.4, -0.2) is 6.03 Å². The monoisotopic (exact) mass is 269 g/mol. The number of anilines is 2. The summed E-state index contributed by atoms with van der Waals surface area (Å²) in [5.74, 6) is 0.